The highest BCUT2D eigenvalue weighted by Gasteiger charge is 2.46. The van der Waals surface area contributed by atoms with Crippen molar-refractivity contribution in [3.05, 3.63) is 64.7 Å². The maximum atomic E-state index is 13.7. The molecule has 2 N–H and O–H groups in total. The van der Waals surface area contributed by atoms with Gasteiger partial charge in [0, 0.05) is 43.8 Å². The first kappa shape index (κ1) is 26.3. The van der Waals surface area contributed by atoms with Crippen LogP contribution in [0.3, 0.4) is 0 Å². The van der Waals surface area contributed by atoms with E-state index in [9.17, 15) is 14.4 Å². The minimum atomic E-state index is -0.385. The molecule has 2 aromatic carbocycles. The third-order valence-corrected chi connectivity index (χ3v) is 8.70. The van der Waals surface area contributed by atoms with Crippen LogP contribution in [-0.2, 0) is 22.6 Å². The van der Waals surface area contributed by atoms with Crippen molar-refractivity contribution in [2.45, 2.75) is 71.4 Å². The largest absolute Gasteiger partial charge is 0.356 e. The van der Waals surface area contributed by atoms with Gasteiger partial charge in [-0.1, -0.05) is 43.2 Å². The Bertz CT molecular complexity index is 1200. The Kier molecular flexibility index (Phi) is 8.01. The summed E-state index contributed by atoms with van der Waals surface area (Å²) >= 11 is 0. The lowest BCUT2D eigenvalue weighted by Gasteiger charge is -2.33. The van der Waals surface area contributed by atoms with E-state index < -0.39 is 0 Å². The SMILES string of the molecule is Cc1ccc(NC(=O)N2CCCCCCNC(=O)[C@@H]3C[C@@H](C(=O)N4CCc5ccccc5C4)C[C@@H]32)cc1C. The number of hydrogen-bond donors (Lipinski definition) is 2. The summed E-state index contributed by atoms with van der Waals surface area (Å²) in [6.07, 6.45) is 5.73. The minimum absolute atomic E-state index is 0.0276. The number of hydrogen-bond acceptors (Lipinski definition) is 3. The van der Waals surface area contributed by atoms with E-state index in [1.165, 1.54) is 16.7 Å². The topological polar surface area (TPSA) is 81.8 Å². The summed E-state index contributed by atoms with van der Waals surface area (Å²) < 4.78 is 0. The van der Waals surface area contributed by atoms with Gasteiger partial charge in [-0.25, -0.2) is 4.79 Å². The number of urea groups is 1. The van der Waals surface area contributed by atoms with Crippen molar-refractivity contribution in [1.29, 1.82) is 0 Å². The molecule has 2 heterocycles. The number of benzene rings is 2. The van der Waals surface area contributed by atoms with Crippen molar-refractivity contribution in [2.24, 2.45) is 11.8 Å². The molecule has 1 aliphatic carbocycles. The third-order valence-electron chi connectivity index (χ3n) is 8.70. The second kappa shape index (κ2) is 11.6. The molecule has 1 saturated heterocycles. The van der Waals surface area contributed by atoms with Crippen LogP contribution in [0, 0.1) is 25.7 Å². The molecule has 2 aromatic rings. The molecule has 0 bridgehead atoms. The Morgan fingerprint density at radius 2 is 1.71 bits per heavy atom. The van der Waals surface area contributed by atoms with Crippen LogP contribution in [0.15, 0.2) is 42.5 Å². The summed E-state index contributed by atoms with van der Waals surface area (Å²) in [5.41, 5.74) is 5.56. The number of nitrogens with zero attached hydrogens (tertiary/aromatic N) is 2. The number of carbonyl (C=O) groups excluding carboxylic acids is 3. The molecule has 3 aliphatic rings. The minimum Gasteiger partial charge on any atom is -0.356 e. The van der Waals surface area contributed by atoms with Crippen molar-refractivity contribution < 1.29 is 14.4 Å². The number of rotatable bonds is 2. The Morgan fingerprint density at radius 1 is 0.921 bits per heavy atom. The fourth-order valence-electron chi connectivity index (χ4n) is 6.32. The first-order chi connectivity index (χ1) is 18.4. The Labute approximate surface area is 226 Å². The fraction of sp³-hybridized carbons (Fsp3) is 0.516. The fourth-order valence-corrected chi connectivity index (χ4v) is 6.32. The van der Waals surface area contributed by atoms with Crippen molar-refractivity contribution >= 4 is 23.5 Å². The summed E-state index contributed by atoms with van der Waals surface area (Å²) in [6.45, 7) is 6.63. The second-order valence-corrected chi connectivity index (χ2v) is 11.2. The van der Waals surface area contributed by atoms with Crippen LogP contribution in [0.2, 0.25) is 0 Å². The molecule has 1 saturated carbocycles. The van der Waals surface area contributed by atoms with Crippen LogP contribution in [0.4, 0.5) is 10.5 Å². The van der Waals surface area contributed by atoms with Crippen LogP contribution < -0.4 is 10.6 Å². The molecule has 0 spiro atoms. The van der Waals surface area contributed by atoms with Crippen molar-refractivity contribution in [3.8, 4) is 0 Å². The highest BCUT2D eigenvalue weighted by molar-refractivity contribution is 5.91. The normalized spacial score (nSPS) is 24.1. The van der Waals surface area contributed by atoms with Gasteiger partial charge in [0.1, 0.15) is 0 Å². The van der Waals surface area contributed by atoms with Gasteiger partial charge in [0.25, 0.3) is 0 Å². The number of carbonyl (C=O) groups is 3. The number of fused-ring (bicyclic) bond motifs is 2. The maximum absolute atomic E-state index is 13.7. The van der Waals surface area contributed by atoms with Crippen LogP contribution in [0.5, 0.6) is 0 Å². The second-order valence-electron chi connectivity index (χ2n) is 11.2. The number of anilines is 1. The molecule has 7 heteroatoms. The van der Waals surface area contributed by atoms with Crippen LogP contribution in [-0.4, -0.2) is 53.3 Å². The standard InChI is InChI=1S/C31H40N4O3/c1-21-11-12-26(17-22(21)2)33-31(38)35-15-8-4-3-7-14-32-29(36)27-18-25(19-28(27)35)30(37)34-16-13-23-9-5-6-10-24(23)20-34/h5-6,9-12,17,25,27-28H,3-4,7-8,13-16,18-20H2,1-2H3,(H,32,36)(H,33,38)/t25-,27-,28+/m1/s1. The van der Waals surface area contributed by atoms with Gasteiger partial charge in [-0.2, -0.15) is 0 Å². The van der Waals surface area contributed by atoms with Gasteiger partial charge in [0.15, 0.2) is 0 Å². The lowest BCUT2D eigenvalue weighted by molar-refractivity contribution is -0.136. The van der Waals surface area contributed by atoms with Gasteiger partial charge in [0.05, 0.1) is 5.92 Å². The van der Waals surface area contributed by atoms with Crippen molar-refractivity contribution in [1.82, 2.24) is 15.1 Å². The average molecular weight is 517 g/mol. The average Bonchev–Trinajstić information content (AvgIpc) is 3.35. The van der Waals surface area contributed by atoms with E-state index in [0.29, 0.717) is 39.0 Å². The maximum Gasteiger partial charge on any atom is 0.322 e. The smallest absolute Gasteiger partial charge is 0.322 e. The van der Waals surface area contributed by atoms with Gasteiger partial charge in [-0.3, -0.25) is 9.59 Å². The van der Waals surface area contributed by atoms with Gasteiger partial charge in [-0.05, 0) is 80.3 Å². The number of aryl methyl sites for hydroxylation is 2. The van der Waals surface area contributed by atoms with Crippen LogP contribution in [0.25, 0.3) is 0 Å². The van der Waals surface area contributed by atoms with Gasteiger partial charge < -0.3 is 20.4 Å². The van der Waals surface area contributed by atoms with Gasteiger partial charge in [0.2, 0.25) is 11.8 Å². The molecule has 7 nitrogen and oxygen atoms in total. The first-order valence-electron chi connectivity index (χ1n) is 14.2. The lowest BCUT2D eigenvalue weighted by atomic mass is 9.97. The Balaban J connectivity index is 1.36. The van der Waals surface area contributed by atoms with Crippen LogP contribution >= 0.6 is 0 Å². The lowest BCUT2D eigenvalue weighted by Crippen LogP contribution is -2.49. The predicted molar refractivity (Wildman–Crippen MR) is 149 cm³/mol. The summed E-state index contributed by atoms with van der Waals surface area (Å²) in [6, 6.07) is 13.7. The third kappa shape index (κ3) is 5.71. The molecular formula is C31H40N4O3. The molecule has 202 valence electrons. The molecule has 5 rings (SSSR count). The van der Waals surface area contributed by atoms with E-state index in [4.69, 9.17) is 0 Å². The van der Waals surface area contributed by atoms with Gasteiger partial charge >= 0.3 is 6.03 Å². The number of nitrogens with one attached hydrogen (secondary N) is 2. The van der Waals surface area contributed by atoms with Gasteiger partial charge in [-0.15, -0.1) is 0 Å². The molecule has 0 radical (unpaired) electrons. The molecule has 0 unspecified atom stereocenters. The zero-order chi connectivity index (χ0) is 26.6. The van der Waals surface area contributed by atoms with E-state index >= 15 is 0 Å². The quantitative estimate of drug-likeness (QED) is 0.601. The molecule has 38 heavy (non-hydrogen) atoms. The van der Waals surface area contributed by atoms with Crippen molar-refractivity contribution in [3.63, 3.8) is 0 Å². The van der Waals surface area contributed by atoms with E-state index in [1.807, 2.05) is 47.1 Å². The molecule has 4 amide bonds. The summed E-state index contributed by atoms with van der Waals surface area (Å²) in [7, 11) is 0. The van der Waals surface area contributed by atoms with E-state index in [2.05, 4.69) is 29.7 Å². The van der Waals surface area contributed by atoms with E-state index in [-0.39, 0.29) is 35.7 Å². The monoisotopic (exact) mass is 516 g/mol. The first-order valence-corrected chi connectivity index (χ1v) is 14.2. The van der Waals surface area contributed by atoms with Crippen molar-refractivity contribution in [2.75, 3.05) is 25.0 Å². The zero-order valence-electron chi connectivity index (χ0n) is 22.7. The molecule has 3 atom stereocenters. The highest BCUT2D eigenvalue weighted by Crippen LogP contribution is 2.38. The highest BCUT2D eigenvalue weighted by atomic mass is 16.2. The molecule has 0 aromatic heterocycles. The summed E-state index contributed by atoms with van der Waals surface area (Å²) in [4.78, 5) is 44.6. The number of amides is 4. The summed E-state index contributed by atoms with van der Waals surface area (Å²) in [5.74, 6) is -0.563. The van der Waals surface area contributed by atoms with Crippen LogP contribution in [0.1, 0.15) is 60.8 Å². The van der Waals surface area contributed by atoms with E-state index in [0.717, 1.165) is 43.4 Å². The Morgan fingerprint density at radius 3 is 2.53 bits per heavy atom. The predicted octanol–water partition coefficient (Wildman–Crippen LogP) is 4.81. The molecular weight excluding hydrogens is 476 g/mol. The summed E-state index contributed by atoms with van der Waals surface area (Å²) in [5, 5.41) is 6.19. The van der Waals surface area contributed by atoms with E-state index in [1.54, 1.807) is 0 Å². The zero-order valence-corrected chi connectivity index (χ0v) is 22.7. The molecule has 2 aliphatic heterocycles. The Hall–Kier alpha value is -3.35. The molecule has 2 fully saturated rings.